The highest BCUT2D eigenvalue weighted by molar-refractivity contribution is 14.1. The maximum Gasteiger partial charge on any atom is 0.338 e. The first-order chi connectivity index (χ1) is 10.1. The maximum absolute atomic E-state index is 11.9. The Kier molecular flexibility index (Phi) is 8.29. The Hall–Kier alpha value is -1.15. The van der Waals surface area contributed by atoms with Crippen LogP contribution in [-0.2, 0) is 14.2 Å². The summed E-state index contributed by atoms with van der Waals surface area (Å²) >= 11 is 2.03. The number of esters is 2. The van der Waals surface area contributed by atoms with Crippen LogP contribution >= 0.6 is 22.6 Å². The molecule has 6 heteroatoms. The van der Waals surface area contributed by atoms with Crippen LogP contribution in [0.2, 0.25) is 0 Å². The highest BCUT2D eigenvalue weighted by Crippen LogP contribution is 2.14. The number of carbonyl (C=O) groups excluding carboxylic acids is 2. The minimum absolute atomic E-state index is 0.196. The lowest BCUT2D eigenvalue weighted by Gasteiger charge is -2.07. The molecule has 0 unspecified atom stereocenters. The largest absolute Gasteiger partial charge is 0.465 e. The van der Waals surface area contributed by atoms with Crippen LogP contribution in [0.5, 0.6) is 0 Å². The van der Waals surface area contributed by atoms with E-state index in [2.05, 4.69) is 11.7 Å². The van der Waals surface area contributed by atoms with E-state index in [9.17, 15) is 9.59 Å². The molecule has 21 heavy (non-hydrogen) atoms. The molecule has 0 aliphatic carbocycles. The average molecular weight is 406 g/mol. The fourth-order valence-electron chi connectivity index (χ4n) is 1.57. The zero-order valence-corrected chi connectivity index (χ0v) is 14.3. The van der Waals surface area contributed by atoms with Crippen molar-refractivity contribution in [3.05, 3.63) is 32.9 Å². The molecule has 0 aliphatic heterocycles. The molecule has 1 rings (SSSR count). The van der Waals surface area contributed by atoms with E-state index >= 15 is 0 Å². The summed E-state index contributed by atoms with van der Waals surface area (Å²) in [6.07, 6.45) is 2.06. The Labute approximate surface area is 138 Å². The number of carbonyl (C=O) groups is 2. The van der Waals surface area contributed by atoms with Crippen molar-refractivity contribution in [1.29, 1.82) is 0 Å². The Balaban J connectivity index is 2.54. The van der Waals surface area contributed by atoms with Gasteiger partial charge in [0.2, 0.25) is 0 Å². The van der Waals surface area contributed by atoms with Gasteiger partial charge < -0.3 is 14.2 Å². The van der Waals surface area contributed by atoms with E-state index < -0.39 is 11.9 Å². The van der Waals surface area contributed by atoms with Crippen molar-refractivity contribution in [3.8, 4) is 0 Å². The molecule has 1 aromatic rings. The number of halogens is 1. The molecular weight excluding hydrogens is 387 g/mol. The van der Waals surface area contributed by atoms with Crippen molar-refractivity contribution in [2.24, 2.45) is 0 Å². The zero-order chi connectivity index (χ0) is 15.7. The van der Waals surface area contributed by atoms with E-state index in [1.807, 2.05) is 22.6 Å². The van der Waals surface area contributed by atoms with Gasteiger partial charge in [0.15, 0.2) is 0 Å². The first-order valence-corrected chi connectivity index (χ1v) is 7.80. The standard InChI is InChI=1S/C15H19IO5/c1-3-4-5-20-6-7-21-15(18)12-8-11(14(17)19-2)9-13(16)10-12/h8-10H,3-7H2,1-2H3. The first kappa shape index (κ1) is 17.9. The van der Waals surface area contributed by atoms with Crippen LogP contribution in [0.15, 0.2) is 18.2 Å². The molecule has 0 atom stereocenters. The van der Waals surface area contributed by atoms with E-state index in [-0.39, 0.29) is 6.61 Å². The van der Waals surface area contributed by atoms with E-state index in [4.69, 9.17) is 9.47 Å². The lowest BCUT2D eigenvalue weighted by molar-refractivity contribution is 0.0313. The normalized spacial score (nSPS) is 10.2. The Bertz CT molecular complexity index is 487. The molecule has 0 N–H and O–H groups in total. The summed E-state index contributed by atoms with van der Waals surface area (Å²) in [4.78, 5) is 23.4. The van der Waals surface area contributed by atoms with E-state index in [0.717, 1.165) is 16.4 Å². The van der Waals surface area contributed by atoms with Crippen molar-refractivity contribution in [2.75, 3.05) is 26.9 Å². The molecule has 0 aliphatic rings. The second-order valence-electron chi connectivity index (χ2n) is 4.32. The molecule has 0 saturated heterocycles. The van der Waals surface area contributed by atoms with Gasteiger partial charge in [0.05, 0.1) is 24.8 Å². The van der Waals surface area contributed by atoms with Crippen molar-refractivity contribution in [2.45, 2.75) is 19.8 Å². The predicted molar refractivity (Wildman–Crippen MR) is 86.5 cm³/mol. The SMILES string of the molecule is CCCCOCCOC(=O)c1cc(I)cc(C(=O)OC)c1. The highest BCUT2D eigenvalue weighted by Gasteiger charge is 2.13. The summed E-state index contributed by atoms with van der Waals surface area (Å²) in [6.45, 7) is 3.32. The summed E-state index contributed by atoms with van der Waals surface area (Å²) in [7, 11) is 1.30. The average Bonchev–Trinajstić information content (AvgIpc) is 2.49. The quantitative estimate of drug-likeness (QED) is 0.377. The van der Waals surface area contributed by atoms with E-state index in [1.165, 1.54) is 13.2 Å². The number of rotatable bonds is 8. The molecule has 0 fully saturated rings. The van der Waals surface area contributed by atoms with Gasteiger partial charge in [-0.3, -0.25) is 0 Å². The molecule has 0 aromatic heterocycles. The summed E-state index contributed by atoms with van der Waals surface area (Å²) in [5.74, 6) is -0.955. The number of benzene rings is 1. The topological polar surface area (TPSA) is 61.8 Å². The van der Waals surface area contributed by atoms with E-state index in [0.29, 0.717) is 24.3 Å². The Morgan fingerprint density at radius 2 is 1.71 bits per heavy atom. The van der Waals surface area contributed by atoms with Crippen molar-refractivity contribution in [1.82, 2.24) is 0 Å². The first-order valence-electron chi connectivity index (χ1n) is 6.72. The molecule has 0 spiro atoms. The lowest BCUT2D eigenvalue weighted by atomic mass is 10.1. The third kappa shape index (κ3) is 6.43. The Morgan fingerprint density at radius 3 is 2.33 bits per heavy atom. The highest BCUT2D eigenvalue weighted by atomic mass is 127. The maximum atomic E-state index is 11.9. The predicted octanol–water partition coefficient (Wildman–Crippen LogP) is 3.05. The van der Waals surface area contributed by atoms with Gasteiger partial charge in [-0.15, -0.1) is 0 Å². The lowest BCUT2D eigenvalue weighted by Crippen LogP contribution is -2.12. The zero-order valence-electron chi connectivity index (χ0n) is 12.2. The summed E-state index contributed by atoms with van der Waals surface area (Å²) < 4.78 is 15.8. The third-order valence-electron chi connectivity index (χ3n) is 2.66. The van der Waals surface area contributed by atoms with E-state index in [1.54, 1.807) is 12.1 Å². The molecule has 116 valence electrons. The minimum Gasteiger partial charge on any atom is -0.465 e. The molecule has 1 aromatic carbocycles. The molecular formula is C15H19IO5. The van der Waals surface area contributed by atoms with Gasteiger partial charge >= 0.3 is 11.9 Å². The fourth-order valence-corrected chi connectivity index (χ4v) is 2.24. The van der Waals surface area contributed by atoms with Crippen LogP contribution in [0.3, 0.4) is 0 Å². The smallest absolute Gasteiger partial charge is 0.338 e. The van der Waals surface area contributed by atoms with Crippen LogP contribution in [0, 0.1) is 3.57 Å². The minimum atomic E-state index is -0.481. The second kappa shape index (κ2) is 9.73. The van der Waals surface area contributed by atoms with Gasteiger partial charge in [0.1, 0.15) is 6.61 Å². The van der Waals surface area contributed by atoms with Crippen LogP contribution < -0.4 is 0 Å². The fraction of sp³-hybridized carbons (Fsp3) is 0.467. The number of hydrogen-bond donors (Lipinski definition) is 0. The number of ether oxygens (including phenoxy) is 3. The molecule has 0 heterocycles. The van der Waals surface area contributed by atoms with Crippen molar-refractivity contribution >= 4 is 34.5 Å². The summed E-state index contributed by atoms with van der Waals surface area (Å²) in [5, 5.41) is 0. The molecule has 5 nitrogen and oxygen atoms in total. The molecule has 0 radical (unpaired) electrons. The van der Waals surface area contributed by atoms with Gasteiger partial charge in [-0.25, -0.2) is 9.59 Å². The summed E-state index contributed by atoms with van der Waals surface area (Å²) in [6, 6.07) is 4.78. The molecule has 0 saturated carbocycles. The van der Waals surface area contributed by atoms with Gasteiger partial charge in [-0.05, 0) is 47.2 Å². The summed E-state index contributed by atoms with van der Waals surface area (Å²) in [5.41, 5.74) is 0.659. The van der Waals surface area contributed by atoms with Crippen molar-refractivity contribution in [3.63, 3.8) is 0 Å². The molecule has 0 amide bonds. The molecule has 0 bridgehead atoms. The Morgan fingerprint density at radius 1 is 1.05 bits per heavy atom. The third-order valence-corrected chi connectivity index (χ3v) is 3.28. The van der Waals surface area contributed by atoms with Gasteiger partial charge in [0, 0.05) is 10.2 Å². The van der Waals surface area contributed by atoms with Crippen LogP contribution in [0.25, 0.3) is 0 Å². The monoisotopic (exact) mass is 406 g/mol. The van der Waals surface area contributed by atoms with Crippen LogP contribution in [0.4, 0.5) is 0 Å². The van der Waals surface area contributed by atoms with Gasteiger partial charge in [-0.1, -0.05) is 13.3 Å². The number of unbranched alkanes of at least 4 members (excludes halogenated alkanes) is 1. The number of hydrogen-bond acceptors (Lipinski definition) is 5. The van der Waals surface area contributed by atoms with Crippen LogP contribution in [-0.4, -0.2) is 38.9 Å². The number of methoxy groups -OCH3 is 1. The van der Waals surface area contributed by atoms with Crippen LogP contribution in [0.1, 0.15) is 40.5 Å². The van der Waals surface area contributed by atoms with Gasteiger partial charge in [-0.2, -0.15) is 0 Å². The van der Waals surface area contributed by atoms with Crippen molar-refractivity contribution < 1.29 is 23.8 Å². The second-order valence-corrected chi connectivity index (χ2v) is 5.57. The van der Waals surface area contributed by atoms with Gasteiger partial charge in [0.25, 0.3) is 0 Å².